The highest BCUT2D eigenvalue weighted by atomic mass is 32.1. The van der Waals surface area contributed by atoms with E-state index in [1.807, 2.05) is 12.3 Å². The van der Waals surface area contributed by atoms with Crippen LogP contribution in [0.2, 0.25) is 0 Å². The minimum atomic E-state index is -0.339. The Balaban J connectivity index is 1.70. The van der Waals surface area contributed by atoms with Crippen LogP contribution < -0.4 is 25.0 Å². The summed E-state index contributed by atoms with van der Waals surface area (Å²) in [6.07, 6.45) is 4.01. The van der Waals surface area contributed by atoms with Gasteiger partial charge in [0.05, 0.1) is 19.9 Å². The number of hydrogen-bond acceptors (Lipinski definition) is 7. The molecule has 3 amide bonds. The van der Waals surface area contributed by atoms with E-state index in [0.717, 1.165) is 31.4 Å². The third kappa shape index (κ3) is 6.92. The fourth-order valence-electron chi connectivity index (χ4n) is 3.75. The van der Waals surface area contributed by atoms with Crippen LogP contribution in [0, 0.1) is 6.92 Å². The van der Waals surface area contributed by atoms with E-state index in [0.29, 0.717) is 22.3 Å². The molecule has 1 aliphatic rings. The van der Waals surface area contributed by atoms with Crippen LogP contribution in [0.4, 0.5) is 10.8 Å². The molecule has 2 aromatic rings. The highest BCUT2D eigenvalue weighted by Crippen LogP contribution is 2.32. The summed E-state index contributed by atoms with van der Waals surface area (Å²) in [6, 6.07) is 5.17. The van der Waals surface area contributed by atoms with E-state index < -0.39 is 0 Å². The number of rotatable bonds is 10. The zero-order valence-electron chi connectivity index (χ0n) is 19.2. The molecule has 10 heteroatoms. The average molecular weight is 475 g/mol. The maximum Gasteiger partial charge on any atom is 0.240 e. The van der Waals surface area contributed by atoms with Gasteiger partial charge in [-0.05, 0) is 31.9 Å². The first-order valence-electron chi connectivity index (χ1n) is 10.9. The van der Waals surface area contributed by atoms with Gasteiger partial charge < -0.3 is 25.0 Å². The Labute approximate surface area is 197 Å². The number of hydrogen-bond donors (Lipinski definition) is 2. The zero-order chi connectivity index (χ0) is 23.8. The van der Waals surface area contributed by atoms with Crippen molar-refractivity contribution in [1.29, 1.82) is 0 Å². The highest BCUT2D eigenvalue weighted by molar-refractivity contribution is 7.13. The highest BCUT2D eigenvalue weighted by Gasteiger charge is 2.24. The normalized spacial score (nSPS) is 13.4. The molecule has 178 valence electrons. The molecule has 1 heterocycles. The second-order valence-electron chi connectivity index (χ2n) is 7.91. The number of aryl methyl sites for hydroxylation is 1. The van der Waals surface area contributed by atoms with Gasteiger partial charge in [0.15, 0.2) is 16.6 Å². The predicted molar refractivity (Wildman–Crippen MR) is 127 cm³/mol. The molecule has 0 radical (unpaired) electrons. The first-order chi connectivity index (χ1) is 15.9. The van der Waals surface area contributed by atoms with Gasteiger partial charge in [-0.2, -0.15) is 0 Å². The van der Waals surface area contributed by atoms with Crippen LogP contribution in [0.3, 0.4) is 0 Å². The Kier molecular flexibility index (Phi) is 8.65. The van der Waals surface area contributed by atoms with Crippen molar-refractivity contribution in [2.75, 3.05) is 31.0 Å². The van der Waals surface area contributed by atoms with Crippen molar-refractivity contribution in [3.63, 3.8) is 0 Å². The molecule has 1 saturated carbocycles. The maximum atomic E-state index is 13.1. The summed E-state index contributed by atoms with van der Waals surface area (Å²) < 4.78 is 10.6. The van der Waals surface area contributed by atoms with Gasteiger partial charge >= 0.3 is 0 Å². The number of carbonyl (C=O) groups is 3. The summed E-state index contributed by atoms with van der Waals surface area (Å²) in [5, 5.41) is 8.04. The number of benzene rings is 1. The molecule has 9 nitrogen and oxygen atoms in total. The monoisotopic (exact) mass is 474 g/mol. The van der Waals surface area contributed by atoms with Gasteiger partial charge in [0, 0.05) is 36.0 Å². The number of amides is 3. The van der Waals surface area contributed by atoms with Crippen LogP contribution in [0.5, 0.6) is 11.5 Å². The van der Waals surface area contributed by atoms with Crippen molar-refractivity contribution in [1.82, 2.24) is 10.3 Å². The molecule has 0 atom stereocenters. The van der Waals surface area contributed by atoms with Crippen molar-refractivity contribution in [3.8, 4) is 11.5 Å². The van der Waals surface area contributed by atoms with E-state index >= 15 is 0 Å². The van der Waals surface area contributed by atoms with Gasteiger partial charge in [-0.1, -0.05) is 12.8 Å². The van der Waals surface area contributed by atoms with Crippen LogP contribution in [0.1, 0.15) is 44.2 Å². The number of aromatic nitrogens is 1. The van der Waals surface area contributed by atoms with E-state index in [2.05, 4.69) is 15.6 Å². The summed E-state index contributed by atoms with van der Waals surface area (Å²) in [7, 11) is 3.03. The quantitative estimate of drug-likeness (QED) is 0.547. The van der Waals surface area contributed by atoms with Crippen LogP contribution in [0.25, 0.3) is 0 Å². The largest absolute Gasteiger partial charge is 0.493 e. The SMILES string of the molecule is COc1ccc(N(CC(=O)NC2CCCC2)C(=O)CCC(=O)Nc2nc(C)cs2)cc1OC. The Hall–Kier alpha value is -3.14. The minimum Gasteiger partial charge on any atom is -0.493 e. The zero-order valence-corrected chi connectivity index (χ0v) is 20.0. The molecular formula is C23H30N4O5S. The first kappa shape index (κ1) is 24.5. The first-order valence-corrected chi connectivity index (χ1v) is 11.8. The number of anilines is 2. The smallest absolute Gasteiger partial charge is 0.240 e. The molecule has 0 aliphatic heterocycles. The minimum absolute atomic E-state index is 0.0223. The van der Waals surface area contributed by atoms with E-state index in [1.165, 1.54) is 30.5 Å². The molecule has 1 aliphatic carbocycles. The molecule has 1 aromatic heterocycles. The summed E-state index contributed by atoms with van der Waals surface area (Å²) in [4.78, 5) is 43.7. The summed E-state index contributed by atoms with van der Waals surface area (Å²) in [5.41, 5.74) is 1.31. The van der Waals surface area contributed by atoms with Crippen molar-refractivity contribution >= 4 is 39.9 Å². The van der Waals surface area contributed by atoms with Gasteiger partial charge in [0.25, 0.3) is 0 Å². The molecule has 1 aromatic carbocycles. The fourth-order valence-corrected chi connectivity index (χ4v) is 4.46. The average Bonchev–Trinajstić information content (AvgIpc) is 3.46. The Morgan fingerprint density at radius 3 is 2.45 bits per heavy atom. The molecule has 2 N–H and O–H groups in total. The number of thiazole rings is 1. The number of methoxy groups -OCH3 is 2. The molecule has 33 heavy (non-hydrogen) atoms. The van der Waals surface area contributed by atoms with Gasteiger partial charge in [0.1, 0.15) is 6.54 Å². The van der Waals surface area contributed by atoms with E-state index in [-0.39, 0.29) is 43.1 Å². The second-order valence-corrected chi connectivity index (χ2v) is 8.77. The van der Waals surface area contributed by atoms with Gasteiger partial charge in [-0.25, -0.2) is 4.98 Å². The molecule has 0 bridgehead atoms. The van der Waals surface area contributed by atoms with E-state index in [9.17, 15) is 14.4 Å². The topological polar surface area (TPSA) is 110 Å². The molecular weight excluding hydrogens is 444 g/mol. The Bertz CT molecular complexity index is 987. The standard InChI is InChI=1S/C23H30N4O5S/c1-15-14-33-23(24-15)26-20(28)10-11-22(30)27(13-21(29)25-16-6-4-5-7-16)17-8-9-18(31-2)19(12-17)32-3/h8-9,12,14,16H,4-7,10-11,13H2,1-3H3,(H,25,29)(H,24,26,28). The van der Waals surface area contributed by atoms with Crippen molar-refractivity contribution in [3.05, 3.63) is 29.3 Å². The Morgan fingerprint density at radius 2 is 1.82 bits per heavy atom. The molecule has 0 spiro atoms. The molecule has 0 unspecified atom stereocenters. The van der Waals surface area contributed by atoms with E-state index in [4.69, 9.17) is 9.47 Å². The molecule has 3 rings (SSSR count). The van der Waals surface area contributed by atoms with Crippen LogP contribution in [-0.4, -0.2) is 49.5 Å². The molecule has 0 saturated heterocycles. The number of ether oxygens (including phenoxy) is 2. The lowest BCUT2D eigenvalue weighted by Gasteiger charge is -2.24. The van der Waals surface area contributed by atoms with Gasteiger partial charge in [-0.15, -0.1) is 11.3 Å². The lowest BCUT2D eigenvalue weighted by atomic mass is 10.2. The van der Waals surface area contributed by atoms with Crippen LogP contribution >= 0.6 is 11.3 Å². The van der Waals surface area contributed by atoms with Crippen molar-refractivity contribution < 1.29 is 23.9 Å². The third-order valence-electron chi connectivity index (χ3n) is 5.43. The number of carbonyl (C=O) groups excluding carboxylic acids is 3. The predicted octanol–water partition coefficient (Wildman–Crippen LogP) is 3.28. The fraction of sp³-hybridized carbons (Fsp3) is 0.478. The van der Waals surface area contributed by atoms with Crippen molar-refractivity contribution in [2.45, 2.75) is 51.5 Å². The molecule has 1 fully saturated rings. The van der Waals surface area contributed by atoms with Crippen molar-refractivity contribution in [2.24, 2.45) is 0 Å². The second kappa shape index (κ2) is 11.6. The lowest BCUT2D eigenvalue weighted by Crippen LogP contribution is -2.43. The van der Waals surface area contributed by atoms with Crippen LogP contribution in [-0.2, 0) is 14.4 Å². The van der Waals surface area contributed by atoms with E-state index in [1.54, 1.807) is 18.2 Å². The maximum absolute atomic E-state index is 13.1. The Morgan fingerprint density at radius 1 is 1.09 bits per heavy atom. The van der Waals surface area contributed by atoms with Gasteiger partial charge in [0.2, 0.25) is 17.7 Å². The van der Waals surface area contributed by atoms with Crippen LogP contribution in [0.15, 0.2) is 23.6 Å². The van der Waals surface area contributed by atoms with Gasteiger partial charge in [-0.3, -0.25) is 14.4 Å². The number of nitrogens with one attached hydrogen (secondary N) is 2. The lowest BCUT2D eigenvalue weighted by molar-refractivity contribution is -0.125. The third-order valence-corrected chi connectivity index (χ3v) is 6.31. The number of nitrogens with zero attached hydrogens (tertiary/aromatic N) is 2. The summed E-state index contributed by atoms with van der Waals surface area (Å²) >= 11 is 1.33. The summed E-state index contributed by atoms with van der Waals surface area (Å²) in [6.45, 7) is 1.70. The summed E-state index contributed by atoms with van der Waals surface area (Å²) in [5.74, 6) is 0.0884.